The highest BCUT2D eigenvalue weighted by Gasteiger charge is 2.22. The largest absolute Gasteiger partial charge is 0.391 e. The molecule has 0 spiro atoms. The van der Waals surface area contributed by atoms with Crippen molar-refractivity contribution in [3.63, 3.8) is 0 Å². The van der Waals surface area contributed by atoms with Crippen molar-refractivity contribution in [3.05, 3.63) is 12.3 Å². The van der Waals surface area contributed by atoms with Gasteiger partial charge in [0.25, 0.3) is 0 Å². The second-order valence-corrected chi connectivity index (χ2v) is 4.11. The minimum Gasteiger partial charge on any atom is -0.391 e. The lowest BCUT2D eigenvalue weighted by atomic mass is 10.2. The number of nitrogens with one attached hydrogen (secondary N) is 2. The van der Waals surface area contributed by atoms with Crippen LogP contribution in [0.2, 0.25) is 0 Å². The van der Waals surface area contributed by atoms with Crippen LogP contribution in [-0.2, 0) is 4.79 Å². The van der Waals surface area contributed by atoms with E-state index in [1.165, 1.54) is 0 Å². The first-order valence-corrected chi connectivity index (χ1v) is 5.63. The van der Waals surface area contributed by atoms with Gasteiger partial charge in [0.05, 0.1) is 24.8 Å². The highest BCUT2D eigenvalue weighted by molar-refractivity contribution is 5.90. The number of carbonyl (C=O) groups is 1. The van der Waals surface area contributed by atoms with Crippen molar-refractivity contribution in [2.24, 2.45) is 5.73 Å². The number of amides is 1. The average Bonchev–Trinajstić information content (AvgIpc) is 2.63. The second-order valence-electron chi connectivity index (χ2n) is 4.11. The third-order valence-electron chi connectivity index (χ3n) is 2.74. The molecule has 0 bridgehead atoms. The third-order valence-corrected chi connectivity index (χ3v) is 2.74. The Hall–Kier alpha value is -1.44. The highest BCUT2D eigenvalue weighted by atomic mass is 16.3. The van der Waals surface area contributed by atoms with Gasteiger partial charge < -0.3 is 21.5 Å². The van der Waals surface area contributed by atoms with E-state index in [4.69, 9.17) is 5.73 Å². The number of aromatic nitrogens is 2. The molecule has 1 unspecified atom stereocenters. The molecule has 1 atom stereocenters. The number of rotatable bonds is 5. The Kier molecular flexibility index (Phi) is 3.72. The number of hydrogen-bond acceptors (Lipinski definition) is 5. The first-order valence-electron chi connectivity index (χ1n) is 5.63. The van der Waals surface area contributed by atoms with E-state index < -0.39 is 6.10 Å². The van der Waals surface area contributed by atoms with E-state index in [0.29, 0.717) is 11.9 Å². The standard InChI is InChI=1S/C10H17N5O2/c11-4-8(16)3-10(17)14-9-1-2-13-15(9)7-5-12-6-7/h1-2,7-8,12,16H,3-6,11H2,(H,14,17). The first-order chi connectivity index (χ1) is 8.20. The van der Waals surface area contributed by atoms with Gasteiger partial charge in [0.2, 0.25) is 5.91 Å². The summed E-state index contributed by atoms with van der Waals surface area (Å²) >= 11 is 0. The quantitative estimate of drug-likeness (QED) is 0.510. The average molecular weight is 239 g/mol. The van der Waals surface area contributed by atoms with E-state index in [2.05, 4.69) is 15.7 Å². The van der Waals surface area contributed by atoms with Crippen molar-refractivity contribution in [1.29, 1.82) is 0 Å². The fourth-order valence-corrected chi connectivity index (χ4v) is 1.64. The van der Waals surface area contributed by atoms with Gasteiger partial charge in [-0.2, -0.15) is 5.10 Å². The van der Waals surface area contributed by atoms with Gasteiger partial charge in [-0.1, -0.05) is 0 Å². The molecule has 0 aromatic carbocycles. The number of nitrogens with two attached hydrogens (primary N) is 1. The van der Waals surface area contributed by atoms with Crippen LogP contribution in [0.4, 0.5) is 5.82 Å². The molecule has 1 fully saturated rings. The zero-order valence-corrected chi connectivity index (χ0v) is 9.47. The van der Waals surface area contributed by atoms with Crippen molar-refractivity contribution < 1.29 is 9.90 Å². The predicted molar refractivity (Wildman–Crippen MR) is 62.4 cm³/mol. The molecule has 1 aromatic rings. The van der Waals surface area contributed by atoms with Crippen molar-refractivity contribution in [2.75, 3.05) is 25.0 Å². The molecular weight excluding hydrogens is 222 g/mol. The number of aliphatic hydroxyl groups excluding tert-OH is 1. The summed E-state index contributed by atoms with van der Waals surface area (Å²) in [5.74, 6) is 0.405. The van der Waals surface area contributed by atoms with Gasteiger partial charge in [0.1, 0.15) is 5.82 Å². The Morgan fingerprint density at radius 3 is 3.12 bits per heavy atom. The fraction of sp³-hybridized carbons (Fsp3) is 0.600. The summed E-state index contributed by atoms with van der Waals surface area (Å²) in [6.07, 6.45) is 0.856. The molecule has 0 saturated carbocycles. The topological polar surface area (TPSA) is 105 Å². The van der Waals surface area contributed by atoms with E-state index in [9.17, 15) is 9.90 Å². The highest BCUT2D eigenvalue weighted by Crippen LogP contribution is 2.17. The summed E-state index contributed by atoms with van der Waals surface area (Å²) in [5.41, 5.74) is 5.25. The van der Waals surface area contributed by atoms with Crippen LogP contribution in [0.1, 0.15) is 12.5 Å². The molecule has 0 radical (unpaired) electrons. The zero-order valence-electron chi connectivity index (χ0n) is 9.47. The smallest absolute Gasteiger partial charge is 0.228 e. The second kappa shape index (κ2) is 5.26. The Morgan fingerprint density at radius 2 is 2.53 bits per heavy atom. The maximum Gasteiger partial charge on any atom is 0.228 e. The van der Waals surface area contributed by atoms with Gasteiger partial charge in [-0.05, 0) is 0 Å². The van der Waals surface area contributed by atoms with E-state index in [1.54, 1.807) is 16.9 Å². The zero-order chi connectivity index (χ0) is 12.3. The molecule has 94 valence electrons. The third kappa shape index (κ3) is 2.82. The molecule has 1 aliphatic rings. The van der Waals surface area contributed by atoms with Gasteiger partial charge in [-0.3, -0.25) is 4.79 Å². The Labute approximate surface area is 99.0 Å². The summed E-state index contributed by atoms with van der Waals surface area (Å²) in [7, 11) is 0. The Balaban J connectivity index is 1.93. The summed E-state index contributed by atoms with van der Waals surface area (Å²) in [6.45, 7) is 1.80. The molecule has 2 rings (SSSR count). The number of hydrogen-bond donors (Lipinski definition) is 4. The van der Waals surface area contributed by atoms with Crippen LogP contribution >= 0.6 is 0 Å². The Morgan fingerprint density at radius 1 is 1.76 bits per heavy atom. The van der Waals surface area contributed by atoms with Crippen molar-refractivity contribution >= 4 is 11.7 Å². The molecule has 5 N–H and O–H groups in total. The van der Waals surface area contributed by atoms with E-state index in [-0.39, 0.29) is 18.9 Å². The molecule has 1 aromatic heterocycles. The normalized spacial score (nSPS) is 17.5. The van der Waals surface area contributed by atoms with Crippen LogP contribution in [0.5, 0.6) is 0 Å². The van der Waals surface area contributed by atoms with Gasteiger partial charge in [0, 0.05) is 25.7 Å². The molecular formula is C10H17N5O2. The molecule has 1 amide bonds. The maximum absolute atomic E-state index is 11.6. The van der Waals surface area contributed by atoms with Crippen LogP contribution in [0, 0.1) is 0 Å². The summed E-state index contributed by atoms with van der Waals surface area (Å²) < 4.78 is 1.78. The molecule has 17 heavy (non-hydrogen) atoms. The number of anilines is 1. The molecule has 7 nitrogen and oxygen atoms in total. The van der Waals surface area contributed by atoms with Gasteiger partial charge in [-0.15, -0.1) is 0 Å². The lowest BCUT2D eigenvalue weighted by molar-refractivity contribution is -0.117. The molecule has 1 saturated heterocycles. The van der Waals surface area contributed by atoms with Crippen LogP contribution in [-0.4, -0.2) is 46.5 Å². The first kappa shape index (κ1) is 12.0. The molecule has 2 heterocycles. The van der Waals surface area contributed by atoms with Crippen molar-refractivity contribution in [2.45, 2.75) is 18.6 Å². The van der Waals surface area contributed by atoms with Gasteiger partial charge >= 0.3 is 0 Å². The predicted octanol–water partition coefficient (Wildman–Crippen LogP) is -1.32. The van der Waals surface area contributed by atoms with Crippen LogP contribution in [0.3, 0.4) is 0 Å². The number of carbonyl (C=O) groups excluding carboxylic acids is 1. The maximum atomic E-state index is 11.6. The minimum absolute atomic E-state index is 0.00456. The van der Waals surface area contributed by atoms with Gasteiger partial charge in [0.15, 0.2) is 0 Å². The molecule has 1 aliphatic heterocycles. The summed E-state index contributed by atoms with van der Waals surface area (Å²) in [5, 5.41) is 19.3. The monoisotopic (exact) mass is 239 g/mol. The van der Waals surface area contributed by atoms with Crippen LogP contribution in [0.15, 0.2) is 12.3 Å². The van der Waals surface area contributed by atoms with E-state index in [1.807, 2.05) is 0 Å². The Bertz CT molecular complexity index is 388. The number of aliphatic hydroxyl groups is 1. The minimum atomic E-state index is -0.795. The van der Waals surface area contributed by atoms with Crippen LogP contribution < -0.4 is 16.4 Å². The van der Waals surface area contributed by atoms with Gasteiger partial charge in [-0.25, -0.2) is 4.68 Å². The van der Waals surface area contributed by atoms with E-state index in [0.717, 1.165) is 13.1 Å². The molecule has 0 aliphatic carbocycles. The lowest BCUT2D eigenvalue weighted by Gasteiger charge is -2.28. The summed E-state index contributed by atoms with van der Waals surface area (Å²) in [6, 6.07) is 2.03. The lowest BCUT2D eigenvalue weighted by Crippen LogP contribution is -2.44. The van der Waals surface area contributed by atoms with Crippen molar-refractivity contribution in [3.8, 4) is 0 Å². The van der Waals surface area contributed by atoms with Crippen LogP contribution in [0.25, 0.3) is 0 Å². The van der Waals surface area contributed by atoms with Crippen molar-refractivity contribution in [1.82, 2.24) is 15.1 Å². The fourth-order valence-electron chi connectivity index (χ4n) is 1.64. The van der Waals surface area contributed by atoms with E-state index >= 15 is 0 Å². The number of nitrogens with zero attached hydrogens (tertiary/aromatic N) is 2. The molecule has 7 heteroatoms. The SMILES string of the molecule is NCC(O)CC(=O)Nc1ccnn1C1CNC1. The summed E-state index contributed by atoms with van der Waals surface area (Å²) in [4.78, 5) is 11.6.